The number of benzene rings is 2. The molecule has 0 bridgehead atoms. The van der Waals surface area contributed by atoms with Crippen molar-refractivity contribution in [1.29, 1.82) is 5.26 Å². The quantitative estimate of drug-likeness (QED) is 0.267. The van der Waals surface area contributed by atoms with Crippen LogP contribution in [0.25, 0.3) is 22.3 Å². The summed E-state index contributed by atoms with van der Waals surface area (Å²) in [4.78, 5) is 24.1. The van der Waals surface area contributed by atoms with Gasteiger partial charge in [-0.15, -0.1) is 0 Å². The maximum absolute atomic E-state index is 11.9. The van der Waals surface area contributed by atoms with Crippen LogP contribution in [-0.2, 0) is 7.05 Å². The fraction of sp³-hybridized carbons (Fsp3) is 0.280. The fourth-order valence-electron chi connectivity index (χ4n) is 3.96. The minimum Gasteiger partial charge on any atom is -0.494 e. The minimum atomic E-state index is -0.433. The number of nitrogens with one attached hydrogen (secondary N) is 1. The Kier molecular flexibility index (Phi) is 7.17. The van der Waals surface area contributed by atoms with Gasteiger partial charge in [0, 0.05) is 44.7 Å². The first-order valence-corrected chi connectivity index (χ1v) is 11.4. The van der Waals surface area contributed by atoms with E-state index in [4.69, 9.17) is 4.74 Å². The summed E-state index contributed by atoms with van der Waals surface area (Å²) < 4.78 is 7.26. The minimum absolute atomic E-state index is 0.0888. The van der Waals surface area contributed by atoms with Gasteiger partial charge in [-0.3, -0.25) is 14.8 Å². The molecule has 4 aromatic rings. The third-order valence-corrected chi connectivity index (χ3v) is 5.93. The molecule has 12 heteroatoms. The monoisotopic (exact) mass is 501 g/mol. The van der Waals surface area contributed by atoms with Crippen molar-refractivity contribution in [2.24, 2.45) is 7.05 Å². The van der Waals surface area contributed by atoms with Gasteiger partial charge in [0.25, 0.3) is 5.69 Å². The molecule has 0 fully saturated rings. The fourth-order valence-corrected chi connectivity index (χ4v) is 3.96. The molecule has 0 unspecified atom stereocenters. The molecule has 37 heavy (non-hydrogen) atoms. The molecule has 2 aromatic carbocycles. The van der Waals surface area contributed by atoms with Gasteiger partial charge < -0.3 is 19.9 Å². The number of para-hydroxylation sites is 1. The van der Waals surface area contributed by atoms with Gasteiger partial charge in [-0.25, -0.2) is 9.97 Å². The molecule has 0 aliphatic heterocycles. The van der Waals surface area contributed by atoms with Crippen molar-refractivity contribution >= 4 is 33.9 Å². The molecule has 4 rings (SSSR count). The van der Waals surface area contributed by atoms with Crippen molar-refractivity contribution in [3.05, 3.63) is 58.3 Å². The number of fused-ring (bicyclic) bond motifs is 1. The molecule has 2 aromatic heterocycles. The van der Waals surface area contributed by atoms with Gasteiger partial charge in [-0.1, -0.05) is 18.2 Å². The Morgan fingerprint density at radius 3 is 2.62 bits per heavy atom. The number of hydrogen-bond acceptors (Lipinski definition) is 10. The predicted molar refractivity (Wildman–Crippen MR) is 141 cm³/mol. The lowest BCUT2D eigenvalue weighted by atomic mass is 10.1. The van der Waals surface area contributed by atoms with Gasteiger partial charge in [0.1, 0.15) is 28.9 Å². The number of aromatic nitrogens is 4. The highest BCUT2D eigenvalue weighted by atomic mass is 16.6. The second-order valence-corrected chi connectivity index (χ2v) is 8.71. The van der Waals surface area contributed by atoms with Crippen molar-refractivity contribution < 1.29 is 9.66 Å². The summed E-state index contributed by atoms with van der Waals surface area (Å²) in [6, 6.07) is 12.8. The van der Waals surface area contributed by atoms with Crippen LogP contribution in [0.15, 0.2) is 42.6 Å². The highest BCUT2D eigenvalue weighted by molar-refractivity contribution is 5.93. The number of likely N-dealkylation sites (N-methyl/N-ethyl adjacent to an activating group) is 2. The highest BCUT2D eigenvalue weighted by Crippen LogP contribution is 2.39. The Morgan fingerprint density at radius 2 is 1.95 bits per heavy atom. The summed E-state index contributed by atoms with van der Waals surface area (Å²) in [7, 11) is 8.98. The normalized spacial score (nSPS) is 10.9. The van der Waals surface area contributed by atoms with Crippen molar-refractivity contribution in [2.75, 3.05) is 51.6 Å². The Labute approximate surface area is 213 Å². The Morgan fingerprint density at radius 1 is 1.19 bits per heavy atom. The molecule has 0 spiro atoms. The second-order valence-electron chi connectivity index (χ2n) is 8.71. The van der Waals surface area contributed by atoms with E-state index in [2.05, 4.69) is 26.5 Å². The Bertz CT molecular complexity index is 1510. The molecule has 0 saturated carbocycles. The van der Waals surface area contributed by atoms with E-state index in [9.17, 15) is 15.4 Å². The molecule has 0 aliphatic rings. The number of ether oxygens (including phenoxy) is 1. The van der Waals surface area contributed by atoms with Crippen molar-refractivity contribution in [1.82, 2.24) is 24.6 Å². The number of nitrogens with zero attached hydrogens (tertiary/aromatic N) is 8. The van der Waals surface area contributed by atoms with Gasteiger partial charge >= 0.3 is 0 Å². The van der Waals surface area contributed by atoms with Crippen LogP contribution in [0.5, 0.6) is 5.75 Å². The number of aryl methyl sites for hydroxylation is 1. The van der Waals surface area contributed by atoms with Crippen LogP contribution in [0.2, 0.25) is 0 Å². The topological polar surface area (TPSA) is 138 Å². The molecular formula is C25H27N9O3. The zero-order valence-corrected chi connectivity index (χ0v) is 21.3. The van der Waals surface area contributed by atoms with Crippen LogP contribution in [-0.4, -0.2) is 70.9 Å². The number of nitriles is 1. The third-order valence-electron chi connectivity index (χ3n) is 5.93. The molecule has 0 saturated heterocycles. The lowest BCUT2D eigenvalue weighted by Gasteiger charge is -2.22. The average molecular weight is 502 g/mol. The van der Waals surface area contributed by atoms with Crippen molar-refractivity contribution in [3.8, 4) is 23.2 Å². The van der Waals surface area contributed by atoms with E-state index < -0.39 is 4.92 Å². The molecule has 2 heterocycles. The molecule has 0 atom stereocenters. The van der Waals surface area contributed by atoms with E-state index in [0.29, 0.717) is 35.1 Å². The summed E-state index contributed by atoms with van der Waals surface area (Å²) in [5, 5.41) is 30.1. The van der Waals surface area contributed by atoms with E-state index in [1.807, 2.05) is 55.2 Å². The average Bonchev–Trinajstić information content (AvgIpc) is 3.23. The van der Waals surface area contributed by atoms with Crippen LogP contribution >= 0.6 is 0 Å². The maximum Gasteiger partial charge on any atom is 0.294 e. The molecule has 0 amide bonds. The number of anilines is 3. The summed E-state index contributed by atoms with van der Waals surface area (Å²) >= 11 is 0. The van der Waals surface area contributed by atoms with E-state index in [1.165, 1.54) is 19.4 Å². The third kappa shape index (κ3) is 5.12. The van der Waals surface area contributed by atoms with E-state index in [1.54, 1.807) is 17.8 Å². The van der Waals surface area contributed by atoms with Crippen LogP contribution in [0, 0.1) is 21.4 Å². The SMILES string of the molecule is COc1cc(N(C)CCN(C)C)c([N+](=O)[O-])cc1Nc1ncc(C#N)c(-c2nn(C)c3ccccc23)n1. The largest absolute Gasteiger partial charge is 0.494 e. The summed E-state index contributed by atoms with van der Waals surface area (Å²) in [6.07, 6.45) is 1.40. The summed E-state index contributed by atoms with van der Waals surface area (Å²) in [6.45, 7) is 1.31. The van der Waals surface area contributed by atoms with Crippen molar-refractivity contribution in [2.45, 2.75) is 0 Å². The first kappa shape index (κ1) is 25.3. The summed E-state index contributed by atoms with van der Waals surface area (Å²) in [5.41, 5.74) is 2.69. The van der Waals surface area contributed by atoms with Crippen molar-refractivity contribution in [3.63, 3.8) is 0 Å². The number of hydrogen-bond donors (Lipinski definition) is 1. The Balaban J connectivity index is 1.76. The van der Waals surface area contributed by atoms with Crippen LogP contribution < -0.4 is 15.0 Å². The number of nitro benzene ring substituents is 1. The van der Waals surface area contributed by atoms with Crippen LogP contribution in [0.3, 0.4) is 0 Å². The zero-order chi connectivity index (χ0) is 26.7. The first-order chi connectivity index (χ1) is 17.7. The number of rotatable bonds is 9. The van der Waals surface area contributed by atoms with Gasteiger partial charge in [0.15, 0.2) is 0 Å². The molecule has 1 N–H and O–H groups in total. The second kappa shape index (κ2) is 10.5. The molecular weight excluding hydrogens is 474 g/mol. The van der Waals surface area contributed by atoms with E-state index >= 15 is 0 Å². The molecule has 12 nitrogen and oxygen atoms in total. The summed E-state index contributed by atoms with van der Waals surface area (Å²) in [5.74, 6) is 0.528. The van der Waals surface area contributed by atoms with E-state index in [0.717, 1.165) is 17.4 Å². The maximum atomic E-state index is 11.9. The van der Waals surface area contributed by atoms with Gasteiger partial charge in [-0.05, 0) is 20.2 Å². The van der Waals surface area contributed by atoms with Gasteiger partial charge in [-0.2, -0.15) is 10.4 Å². The lowest BCUT2D eigenvalue weighted by Crippen LogP contribution is -2.28. The lowest BCUT2D eigenvalue weighted by molar-refractivity contribution is -0.384. The molecule has 0 aliphatic carbocycles. The zero-order valence-electron chi connectivity index (χ0n) is 21.3. The Hall–Kier alpha value is -4.76. The van der Waals surface area contributed by atoms with Gasteiger partial charge in [0.05, 0.1) is 35.0 Å². The smallest absolute Gasteiger partial charge is 0.294 e. The molecule has 190 valence electrons. The van der Waals surface area contributed by atoms with Gasteiger partial charge in [0.2, 0.25) is 5.95 Å². The number of nitro groups is 1. The molecule has 0 radical (unpaired) electrons. The van der Waals surface area contributed by atoms with Crippen LogP contribution in [0.1, 0.15) is 5.56 Å². The predicted octanol–water partition coefficient (Wildman–Crippen LogP) is 3.56. The standard InChI is InChI=1S/C25H27N9O3/c1-31(2)10-11-32(3)20-13-22(37-5)18(12-21(20)34(35)36)28-25-27-15-16(14-26)23(29-25)24-17-8-6-7-9-19(17)33(4)30-24/h6-9,12-13,15H,10-11H2,1-5H3,(H,27,28,29). The highest BCUT2D eigenvalue weighted by Gasteiger charge is 2.23. The van der Waals surface area contributed by atoms with E-state index in [-0.39, 0.29) is 17.2 Å². The first-order valence-electron chi connectivity index (χ1n) is 11.4. The van der Waals surface area contributed by atoms with Crippen LogP contribution in [0.4, 0.5) is 23.0 Å². The number of methoxy groups -OCH3 is 1.